The molecule has 19 heavy (non-hydrogen) atoms. The van der Waals surface area contributed by atoms with Gasteiger partial charge in [0.05, 0.1) is 12.5 Å². The van der Waals surface area contributed by atoms with Crippen molar-refractivity contribution in [3.8, 4) is 0 Å². The average Bonchev–Trinajstić information content (AvgIpc) is 2.10. The Morgan fingerprint density at radius 3 is 2.21 bits per heavy atom. The second-order valence-corrected chi connectivity index (χ2v) is 6.71. The average molecular weight is 271 g/mol. The van der Waals surface area contributed by atoms with Crippen molar-refractivity contribution in [3.05, 3.63) is 0 Å². The quantitative estimate of drug-likeness (QED) is 0.585. The Hall–Kier alpha value is -1.14. The van der Waals surface area contributed by atoms with Crippen LogP contribution in [0.25, 0.3) is 0 Å². The molecule has 1 atom stereocenters. The van der Waals surface area contributed by atoms with Crippen LogP contribution in [0.15, 0.2) is 0 Å². The highest BCUT2D eigenvalue weighted by Crippen LogP contribution is 2.28. The predicted octanol–water partition coefficient (Wildman–Crippen LogP) is 0.214. The van der Waals surface area contributed by atoms with Crippen molar-refractivity contribution >= 4 is 11.9 Å². The van der Waals surface area contributed by atoms with E-state index in [-0.39, 0.29) is 29.4 Å². The molecule has 0 spiro atoms. The molecule has 6 nitrogen and oxygen atoms in total. The highest BCUT2D eigenvalue weighted by Gasteiger charge is 2.38. The Kier molecular flexibility index (Phi) is 4.58. The molecular formula is C13H25N3O3. The molecule has 0 aromatic rings. The van der Waals surface area contributed by atoms with E-state index in [1.807, 2.05) is 0 Å². The number of nitrogens with two attached hydrogens (primary N) is 1. The van der Waals surface area contributed by atoms with Gasteiger partial charge in [-0.3, -0.25) is 9.59 Å². The number of piperidine rings is 1. The molecule has 0 aromatic heterocycles. The second-order valence-electron chi connectivity index (χ2n) is 6.71. The van der Waals surface area contributed by atoms with Crippen LogP contribution in [0.1, 0.15) is 47.0 Å². The van der Waals surface area contributed by atoms with Gasteiger partial charge in [0.2, 0.25) is 5.91 Å². The first-order valence-corrected chi connectivity index (χ1v) is 6.58. The van der Waals surface area contributed by atoms with E-state index in [0.717, 1.165) is 12.8 Å². The number of amides is 1. The number of hydrogen-bond acceptors (Lipinski definition) is 4. The molecule has 1 saturated heterocycles. The van der Waals surface area contributed by atoms with Crippen molar-refractivity contribution in [1.29, 1.82) is 0 Å². The van der Waals surface area contributed by atoms with Crippen LogP contribution in [-0.4, -0.2) is 40.1 Å². The smallest absolute Gasteiger partial charge is 0.305 e. The number of nitrogens with one attached hydrogen (secondary N) is 2. The third kappa shape index (κ3) is 5.16. The number of rotatable bonds is 4. The molecule has 6 heteroatoms. The van der Waals surface area contributed by atoms with Crippen LogP contribution in [0.2, 0.25) is 0 Å². The molecule has 1 fully saturated rings. The molecular weight excluding hydrogens is 246 g/mol. The van der Waals surface area contributed by atoms with Crippen LogP contribution < -0.4 is 16.4 Å². The van der Waals surface area contributed by atoms with Gasteiger partial charge in [0.15, 0.2) is 0 Å². The number of hydrogen-bond donors (Lipinski definition) is 4. The highest BCUT2D eigenvalue weighted by atomic mass is 16.4. The van der Waals surface area contributed by atoms with Crippen LogP contribution >= 0.6 is 0 Å². The molecule has 0 radical (unpaired) electrons. The van der Waals surface area contributed by atoms with E-state index in [9.17, 15) is 9.59 Å². The largest absolute Gasteiger partial charge is 0.481 e. The van der Waals surface area contributed by atoms with Gasteiger partial charge in [-0.2, -0.15) is 0 Å². The van der Waals surface area contributed by atoms with Gasteiger partial charge < -0.3 is 21.5 Å². The van der Waals surface area contributed by atoms with Gasteiger partial charge in [-0.05, 0) is 40.5 Å². The molecule has 0 bridgehead atoms. The number of carbonyl (C=O) groups is 2. The van der Waals surface area contributed by atoms with Gasteiger partial charge in [-0.1, -0.05) is 0 Å². The SMILES string of the molecule is CC1(C)CC(NC(=O)C(N)CC(=O)O)CC(C)(C)N1. The van der Waals surface area contributed by atoms with Gasteiger partial charge in [0.1, 0.15) is 0 Å². The number of carbonyl (C=O) groups excluding carboxylic acids is 1. The van der Waals surface area contributed by atoms with E-state index in [2.05, 4.69) is 38.3 Å². The Labute approximate surface area is 114 Å². The van der Waals surface area contributed by atoms with Gasteiger partial charge in [0, 0.05) is 17.1 Å². The summed E-state index contributed by atoms with van der Waals surface area (Å²) < 4.78 is 0. The minimum atomic E-state index is -1.06. The summed E-state index contributed by atoms with van der Waals surface area (Å²) in [6.07, 6.45) is 1.24. The fourth-order valence-electron chi connectivity index (χ4n) is 3.01. The third-order valence-electron chi connectivity index (χ3n) is 3.27. The maximum absolute atomic E-state index is 11.8. The van der Waals surface area contributed by atoms with Crippen molar-refractivity contribution in [1.82, 2.24) is 10.6 Å². The Bertz CT molecular complexity index is 350. The minimum Gasteiger partial charge on any atom is -0.481 e. The van der Waals surface area contributed by atoms with Crippen molar-refractivity contribution in [2.24, 2.45) is 5.73 Å². The van der Waals surface area contributed by atoms with Crippen LogP contribution in [0.4, 0.5) is 0 Å². The molecule has 1 aliphatic heterocycles. The summed E-state index contributed by atoms with van der Waals surface area (Å²) in [5.41, 5.74) is 5.42. The molecule has 0 aromatic carbocycles. The van der Waals surface area contributed by atoms with Crippen LogP contribution in [0, 0.1) is 0 Å². The summed E-state index contributed by atoms with van der Waals surface area (Å²) in [5.74, 6) is -1.45. The Morgan fingerprint density at radius 2 is 1.79 bits per heavy atom. The summed E-state index contributed by atoms with van der Waals surface area (Å²) in [4.78, 5) is 22.4. The lowest BCUT2D eigenvalue weighted by Crippen LogP contribution is -2.63. The maximum atomic E-state index is 11.8. The normalized spacial score (nSPS) is 23.6. The Morgan fingerprint density at radius 1 is 1.32 bits per heavy atom. The zero-order valence-electron chi connectivity index (χ0n) is 12.1. The van der Waals surface area contributed by atoms with Crippen molar-refractivity contribution < 1.29 is 14.7 Å². The van der Waals surface area contributed by atoms with Gasteiger partial charge in [0.25, 0.3) is 0 Å². The van der Waals surface area contributed by atoms with E-state index >= 15 is 0 Å². The first-order chi connectivity index (χ1) is 8.51. The van der Waals surface area contributed by atoms with Crippen molar-refractivity contribution in [3.63, 3.8) is 0 Å². The van der Waals surface area contributed by atoms with Crippen LogP contribution in [0.5, 0.6) is 0 Å². The number of aliphatic carboxylic acids is 1. The van der Waals surface area contributed by atoms with Gasteiger partial charge in [-0.15, -0.1) is 0 Å². The summed E-state index contributed by atoms with van der Waals surface area (Å²) in [7, 11) is 0. The molecule has 1 heterocycles. The molecule has 1 amide bonds. The fourth-order valence-corrected chi connectivity index (χ4v) is 3.01. The van der Waals surface area contributed by atoms with Crippen LogP contribution in [-0.2, 0) is 9.59 Å². The summed E-state index contributed by atoms with van der Waals surface area (Å²) >= 11 is 0. The van der Waals surface area contributed by atoms with Crippen molar-refractivity contribution in [2.45, 2.75) is 70.1 Å². The topological polar surface area (TPSA) is 104 Å². The summed E-state index contributed by atoms with van der Waals surface area (Å²) in [6, 6.07) is -0.975. The number of carboxylic acid groups (broad SMARTS) is 1. The van der Waals surface area contributed by atoms with E-state index < -0.39 is 12.0 Å². The lowest BCUT2D eigenvalue weighted by atomic mass is 9.79. The van der Waals surface area contributed by atoms with Gasteiger partial charge >= 0.3 is 5.97 Å². The van der Waals surface area contributed by atoms with Crippen LogP contribution in [0.3, 0.4) is 0 Å². The first kappa shape index (κ1) is 15.9. The van der Waals surface area contributed by atoms with Gasteiger partial charge in [-0.25, -0.2) is 0 Å². The summed E-state index contributed by atoms with van der Waals surface area (Å²) in [5, 5.41) is 15.0. The number of carboxylic acids is 1. The molecule has 1 rings (SSSR count). The lowest BCUT2D eigenvalue weighted by Gasteiger charge is -2.46. The molecule has 0 saturated carbocycles. The van der Waals surface area contributed by atoms with E-state index in [0.29, 0.717) is 0 Å². The summed E-state index contributed by atoms with van der Waals surface area (Å²) in [6.45, 7) is 8.35. The zero-order chi connectivity index (χ0) is 14.8. The minimum absolute atomic E-state index is 0.0126. The monoisotopic (exact) mass is 271 g/mol. The second kappa shape index (κ2) is 5.46. The fraction of sp³-hybridized carbons (Fsp3) is 0.846. The molecule has 5 N–H and O–H groups in total. The predicted molar refractivity (Wildman–Crippen MR) is 72.7 cm³/mol. The van der Waals surface area contributed by atoms with Crippen molar-refractivity contribution in [2.75, 3.05) is 0 Å². The molecule has 110 valence electrons. The van der Waals surface area contributed by atoms with E-state index in [1.54, 1.807) is 0 Å². The first-order valence-electron chi connectivity index (χ1n) is 6.58. The lowest BCUT2D eigenvalue weighted by molar-refractivity contribution is -0.139. The zero-order valence-corrected chi connectivity index (χ0v) is 12.1. The standard InChI is InChI=1S/C13H25N3O3/c1-12(2)6-8(7-13(3,4)16-12)15-11(19)9(14)5-10(17)18/h8-9,16H,5-7,14H2,1-4H3,(H,15,19)(H,17,18). The Balaban J connectivity index is 2.61. The van der Waals surface area contributed by atoms with E-state index in [4.69, 9.17) is 10.8 Å². The maximum Gasteiger partial charge on any atom is 0.305 e. The third-order valence-corrected chi connectivity index (χ3v) is 3.27. The molecule has 1 aliphatic rings. The molecule has 1 unspecified atom stereocenters. The van der Waals surface area contributed by atoms with E-state index in [1.165, 1.54) is 0 Å². The highest BCUT2D eigenvalue weighted by molar-refractivity contribution is 5.86. The molecule has 0 aliphatic carbocycles.